The lowest BCUT2D eigenvalue weighted by molar-refractivity contribution is 0.518. The van der Waals surface area contributed by atoms with Crippen LogP contribution in [0.4, 0.5) is 5.69 Å². The Morgan fingerprint density at radius 3 is 2.56 bits per heavy atom. The molecule has 0 aliphatic heterocycles. The van der Waals surface area contributed by atoms with Crippen LogP contribution >= 0.6 is 0 Å². The Morgan fingerprint density at radius 2 is 2.06 bits per heavy atom. The lowest BCUT2D eigenvalue weighted by Gasteiger charge is -2.14. The molecular weight excluding hydrogens is 196 g/mol. The summed E-state index contributed by atoms with van der Waals surface area (Å²) in [6.45, 7) is 4.32. The summed E-state index contributed by atoms with van der Waals surface area (Å²) in [7, 11) is 6.09. The standard InChI is InChI=1S/C14H22N2/c1-6-12-10-14(15-3)8-7-13(12)9-11(2)16(4)5/h7-10,15H,6H2,1-5H3/b11-9+. The van der Waals surface area contributed by atoms with E-state index < -0.39 is 0 Å². The number of allylic oxidation sites excluding steroid dienone is 1. The van der Waals surface area contributed by atoms with Gasteiger partial charge in [0, 0.05) is 32.5 Å². The van der Waals surface area contributed by atoms with Gasteiger partial charge in [-0.2, -0.15) is 0 Å². The van der Waals surface area contributed by atoms with Crippen molar-refractivity contribution >= 4 is 11.8 Å². The third-order valence-corrected chi connectivity index (χ3v) is 2.88. The molecule has 0 heterocycles. The maximum absolute atomic E-state index is 3.17. The fourth-order valence-electron chi connectivity index (χ4n) is 1.56. The molecule has 0 amide bonds. The van der Waals surface area contributed by atoms with Crippen molar-refractivity contribution in [3.63, 3.8) is 0 Å². The van der Waals surface area contributed by atoms with Gasteiger partial charge in [-0.1, -0.05) is 13.0 Å². The van der Waals surface area contributed by atoms with Gasteiger partial charge in [0.2, 0.25) is 0 Å². The molecule has 0 unspecified atom stereocenters. The third-order valence-electron chi connectivity index (χ3n) is 2.88. The second kappa shape index (κ2) is 5.59. The first-order valence-corrected chi connectivity index (χ1v) is 5.74. The van der Waals surface area contributed by atoms with Gasteiger partial charge in [0.15, 0.2) is 0 Å². The van der Waals surface area contributed by atoms with Gasteiger partial charge in [-0.05, 0) is 42.7 Å². The zero-order valence-corrected chi connectivity index (χ0v) is 11.0. The molecule has 0 aliphatic carbocycles. The summed E-state index contributed by atoms with van der Waals surface area (Å²) >= 11 is 0. The van der Waals surface area contributed by atoms with E-state index in [9.17, 15) is 0 Å². The zero-order chi connectivity index (χ0) is 12.1. The van der Waals surface area contributed by atoms with Gasteiger partial charge in [0.05, 0.1) is 0 Å². The van der Waals surface area contributed by atoms with E-state index in [0.29, 0.717) is 0 Å². The Labute approximate surface area is 99.0 Å². The minimum Gasteiger partial charge on any atom is -0.388 e. The molecule has 0 bridgehead atoms. The maximum atomic E-state index is 3.17. The van der Waals surface area contributed by atoms with Gasteiger partial charge in [0.1, 0.15) is 0 Å². The van der Waals surface area contributed by atoms with Crippen LogP contribution in [-0.2, 0) is 6.42 Å². The molecule has 1 N–H and O–H groups in total. The van der Waals surface area contributed by atoms with Crippen LogP contribution < -0.4 is 5.32 Å². The summed E-state index contributed by atoms with van der Waals surface area (Å²) in [5.74, 6) is 0. The van der Waals surface area contributed by atoms with Crippen LogP contribution in [0.25, 0.3) is 6.08 Å². The molecule has 0 saturated carbocycles. The Morgan fingerprint density at radius 1 is 1.38 bits per heavy atom. The highest BCUT2D eigenvalue weighted by atomic mass is 15.1. The van der Waals surface area contributed by atoms with E-state index in [2.05, 4.69) is 62.4 Å². The highest BCUT2D eigenvalue weighted by molar-refractivity contribution is 5.60. The Balaban J connectivity index is 3.09. The first kappa shape index (κ1) is 12.6. The Kier molecular flexibility index (Phi) is 4.41. The topological polar surface area (TPSA) is 15.3 Å². The van der Waals surface area contributed by atoms with Crippen LogP contribution in [-0.4, -0.2) is 26.0 Å². The molecule has 1 aromatic carbocycles. The van der Waals surface area contributed by atoms with Gasteiger partial charge in [-0.15, -0.1) is 0 Å². The normalized spacial score (nSPS) is 11.4. The van der Waals surface area contributed by atoms with E-state index in [4.69, 9.17) is 0 Å². The Hall–Kier alpha value is -1.44. The summed E-state index contributed by atoms with van der Waals surface area (Å²) in [5, 5.41) is 3.17. The predicted octanol–water partition coefficient (Wildman–Crippen LogP) is 3.21. The number of rotatable bonds is 4. The van der Waals surface area contributed by atoms with Crippen molar-refractivity contribution < 1.29 is 0 Å². The molecular formula is C14H22N2. The summed E-state index contributed by atoms with van der Waals surface area (Å²) in [5.41, 5.74) is 5.14. The molecule has 16 heavy (non-hydrogen) atoms. The molecule has 0 atom stereocenters. The minimum absolute atomic E-state index is 1.06. The van der Waals surface area contributed by atoms with Crippen LogP contribution in [0.2, 0.25) is 0 Å². The van der Waals surface area contributed by atoms with Gasteiger partial charge >= 0.3 is 0 Å². The van der Waals surface area contributed by atoms with Crippen molar-refractivity contribution in [3.05, 3.63) is 35.0 Å². The van der Waals surface area contributed by atoms with Crippen molar-refractivity contribution in [2.24, 2.45) is 0 Å². The highest BCUT2D eigenvalue weighted by Gasteiger charge is 2.01. The Bertz CT molecular complexity index is 378. The van der Waals surface area contributed by atoms with E-state index in [1.165, 1.54) is 22.5 Å². The van der Waals surface area contributed by atoms with Crippen LogP contribution in [0, 0.1) is 0 Å². The fraction of sp³-hybridized carbons (Fsp3) is 0.429. The van der Waals surface area contributed by atoms with Crippen molar-refractivity contribution in [1.82, 2.24) is 4.90 Å². The van der Waals surface area contributed by atoms with Crippen molar-refractivity contribution in [2.45, 2.75) is 20.3 Å². The molecule has 0 saturated heterocycles. The van der Waals surface area contributed by atoms with Crippen LogP contribution in [0.1, 0.15) is 25.0 Å². The summed E-state index contributed by atoms with van der Waals surface area (Å²) < 4.78 is 0. The number of anilines is 1. The number of nitrogens with zero attached hydrogens (tertiary/aromatic N) is 1. The number of nitrogens with one attached hydrogen (secondary N) is 1. The first-order chi connectivity index (χ1) is 7.58. The van der Waals surface area contributed by atoms with Gasteiger partial charge in [-0.3, -0.25) is 0 Å². The fourth-order valence-corrected chi connectivity index (χ4v) is 1.56. The average Bonchev–Trinajstić information content (AvgIpc) is 2.29. The quantitative estimate of drug-likeness (QED) is 0.834. The molecule has 0 fully saturated rings. The summed E-state index contributed by atoms with van der Waals surface area (Å²) in [6.07, 6.45) is 3.29. The van der Waals surface area contributed by atoms with Gasteiger partial charge in [-0.25, -0.2) is 0 Å². The number of hydrogen-bond acceptors (Lipinski definition) is 2. The lowest BCUT2D eigenvalue weighted by atomic mass is 10.0. The highest BCUT2D eigenvalue weighted by Crippen LogP contribution is 2.19. The van der Waals surface area contributed by atoms with Crippen molar-refractivity contribution in [1.29, 1.82) is 0 Å². The van der Waals surface area contributed by atoms with E-state index in [1.807, 2.05) is 7.05 Å². The molecule has 1 aromatic rings. The smallest absolute Gasteiger partial charge is 0.0340 e. The van der Waals surface area contributed by atoms with Gasteiger partial charge < -0.3 is 10.2 Å². The van der Waals surface area contributed by atoms with E-state index in [0.717, 1.165) is 6.42 Å². The molecule has 0 aliphatic rings. The third kappa shape index (κ3) is 3.02. The second-order valence-corrected chi connectivity index (χ2v) is 4.20. The molecule has 2 heteroatoms. The zero-order valence-electron chi connectivity index (χ0n) is 11.0. The van der Waals surface area contributed by atoms with E-state index >= 15 is 0 Å². The van der Waals surface area contributed by atoms with Crippen LogP contribution in [0.5, 0.6) is 0 Å². The molecule has 0 spiro atoms. The molecule has 0 aromatic heterocycles. The number of hydrogen-bond donors (Lipinski definition) is 1. The molecule has 1 rings (SSSR count). The lowest BCUT2D eigenvalue weighted by Crippen LogP contribution is -2.07. The van der Waals surface area contributed by atoms with Gasteiger partial charge in [0.25, 0.3) is 0 Å². The monoisotopic (exact) mass is 218 g/mol. The minimum atomic E-state index is 1.06. The number of aryl methyl sites for hydroxylation is 1. The first-order valence-electron chi connectivity index (χ1n) is 5.74. The average molecular weight is 218 g/mol. The van der Waals surface area contributed by atoms with Crippen LogP contribution in [0.15, 0.2) is 23.9 Å². The largest absolute Gasteiger partial charge is 0.388 e. The van der Waals surface area contributed by atoms with E-state index in [1.54, 1.807) is 0 Å². The van der Waals surface area contributed by atoms with Crippen molar-refractivity contribution in [3.8, 4) is 0 Å². The predicted molar refractivity (Wildman–Crippen MR) is 72.7 cm³/mol. The number of benzene rings is 1. The molecule has 0 radical (unpaired) electrons. The summed E-state index contributed by atoms with van der Waals surface area (Å²) in [6, 6.07) is 6.51. The molecule has 2 nitrogen and oxygen atoms in total. The van der Waals surface area contributed by atoms with Crippen LogP contribution in [0.3, 0.4) is 0 Å². The molecule has 88 valence electrons. The van der Waals surface area contributed by atoms with E-state index in [-0.39, 0.29) is 0 Å². The second-order valence-electron chi connectivity index (χ2n) is 4.20. The maximum Gasteiger partial charge on any atom is 0.0340 e. The summed E-state index contributed by atoms with van der Waals surface area (Å²) in [4.78, 5) is 2.13. The SMILES string of the molecule is CCc1cc(NC)ccc1/C=C(\C)N(C)C. The van der Waals surface area contributed by atoms with Crippen molar-refractivity contribution in [2.75, 3.05) is 26.5 Å².